The molecule has 0 aromatic carbocycles. The second-order valence-corrected chi connectivity index (χ2v) is 5.26. The first-order valence-corrected chi connectivity index (χ1v) is 5.74. The Balaban J connectivity index is 2.69. The van der Waals surface area contributed by atoms with Crippen molar-refractivity contribution in [3.05, 3.63) is 12.2 Å². The number of carbonyl (C=O) groups excluding carboxylic acids is 1. The van der Waals surface area contributed by atoms with Crippen LogP contribution in [0.25, 0.3) is 0 Å². The van der Waals surface area contributed by atoms with Gasteiger partial charge in [0.05, 0.1) is 12.1 Å². The molecule has 6 nitrogen and oxygen atoms in total. The van der Waals surface area contributed by atoms with Gasteiger partial charge in [-0.15, -0.1) is 0 Å². The number of ether oxygens (including phenoxy) is 2. The van der Waals surface area contributed by atoms with E-state index in [0.29, 0.717) is 13.0 Å². The van der Waals surface area contributed by atoms with Crippen LogP contribution in [0.15, 0.2) is 12.2 Å². The molecule has 1 saturated heterocycles. The summed E-state index contributed by atoms with van der Waals surface area (Å²) >= 11 is 0. The molecule has 2 N–H and O–H groups in total. The number of aliphatic carboxylic acids is 1. The smallest absolute Gasteiger partial charge is 0.408 e. The van der Waals surface area contributed by atoms with Crippen molar-refractivity contribution in [1.29, 1.82) is 0 Å². The minimum atomic E-state index is -1.06. The van der Waals surface area contributed by atoms with Gasteiger partial charge in [-0.25, -0.2) is 9.59 Å². The van der Waals surface area contributed by atoms with E-state index in [1.165, 1.54) is 6.08 Å². The van der Waals surface area contributed by atoms with Crippen molar-refractivity contribution in [3.8, 4) is 0 Å². The van der Waals surface area contributed by atoms with Gasteiger partial charge in [0.1, 0.15) is 5.60 Å². The number of alkyl carbamates (subject to hydrolysis) is 1. The third kappa shape index (κ3) is 4.75. The minimum Gasteiger partial charge on any atom is -0.478 e. The molecule has 0 radical (unpaired) electrons. The lowest BCUT2D eigenvalue weighted by molar-refractivity contribution is -0.131. The number of carbonyl (C=O) groups is 2. The molecule has 1 unspecified atom stereocenters. The van der Waals surface area contributed by atoms with E-state index in [9.17, 15) is 9.59 Å². The molecule has 0 saturated carbocycles. The van der Waals surface area contributed by atoms with Crippen LogP contribution >= 0.6 is 0 Å². The summed E-state index contributed by atoms with van der Waals surface area (Å²) < 4.78 is 10.4. The highest BCUT2D eigenvalue weighted by Gasteiger charge is 2.35. The highest BCUT2D eigenvalue weighted by Crippen LogP contribution is 2.21. The summed E-state index contributed by atoms with van der Waals surface area (Å²) in [5.41, 5.74) is -1.39. The molecule has 1 rings (SSSR count). The SMILES string of the molecule is CC(C)(C)OC(=O)NC1(/C=C/C(=O)O)CCOC1. The van der Waals surface area contributed by atoms with Crippen molar-refractivity contribution in [3.63, 3.8) is 0 Å². The number of rotatable bonds is 3. The molecular weight excluding hydrogens is 238 g/mol. The predicted octanol–water partition coefficient (Wildman–Crippen LogP) is 1.31. The van der Waals surface area contributed by atoms with E-state index in [1.54, 1.807) is 20.8 Å². The van der Waals surface area contributed by atoms with Crippen LogP contribution in [0.2, 0.25) is 0 Å². The third-order valence-corrected chi connectivity index (χ3v) is 2.35. The van der Waals surface area contributed by atoms with E-state index < -0.39 is 23.2 Å². The van der Waals surface area contributed by atoms with Crippen LogP contribution < -0.4 is 5.32 Å². The molecule has 1 aliphatic rings. The van der Waals surface area contributed by atoms with Gasteiger partial charge >= 0.3 is 12.1 Å². The molecule has 0 aromatic rings. The normalized spacial score (nSPS) is 24.2. The molecule has 1 atom stereocenters. The Bertz CT molecular complexity index is 350. The van der Waals surface area contributed by atoms with Gasteiger partial charge in [-0.2, -0.15) is 0 Å². The van der Waals surface area contributed by atoms with E-state index in [0.717, 1.165) is 6.08 Å². The summed E-state index contributed by atoms with van der Waals surface area (Å²) in [7, 11) is 0. The van der Waals surface area contributed by atoms with Crippen LogP contribution in [0.5, 0.6) is 0 Å². The van der Waals surface area contributed by atoms with Gasteiger partial charge < -0.3 is 19.9 Å². The summed E-state index contributed by atoms with van der Waals surface area (Å²) in [5.74, 6) is -1.06. The summed E-state index contributed by atoms with van der Waals surface area (Å²) in [6.45, 7) is 6.00. The molecule has 1 amide bonds. The van der Waals surface area contributed by atoms with Gasteiger partial charge in [0.15, 0.2) is 0 Å². The molecule has 0 aliphatic carbocycles. The average molecular weight is 257 g/mol. The standard InChI is InChI=1S/C12H19NO5/c1-11(2,3)18-10(16)13-12(5-4-9(14)15)6-7-17-8-12/h4-5H,6-8H2,1-3H3,(H,13,16)(H,14,15)/b5-4+. The molecule has 0 bridgehead atoms. The Morgan fingerprint density at radius 2 is 2.11 bits per heavy atom. The van der Waals surface area contributed by atoms with Gasteiger partial charge in [-0.1, -0.05) is 0 Å². The average Bonchev–Trinajstić information content (AvgIpc) is 2.61. The Kier molecular flexibility index (Phi) is 4.34. The number of carboxylic acid groups (broad SMARTS) is 1. The first-order valence-electron chi connectivity index (χ1n) is 5.74. The second kappa shape index (κ2) is 5.39. The van der Waals surface area contributed by atoms with Crippen LogP contribution in [0, 0.1) is 0 Å². The lowest BCUT2D eigenvalue weighted by Crippen LogP contribution is -2.49. The number of hydrogen-bond acceptors (Lipinski definition) is 4. The van der Waals surface area contributed by atoms with Crippen LogP contribution in [0.3, 0.4) is 0 Å². The maximum Gasteiger partial charge on any atom is 0.408 e. The largest absolute Gasteiger partial charge is 0.478 e. The Morgan fingerprint density at radius 3 is 2.56 bits per heavy atom. The first-order chi connectivity index (χ1) is 8.22. The van der Waals surface area contributed by atoms with Crippen molar-refractivity contribution >= 4 is 12.1 Å². The van der Waals surface area contributed by atoms with Crippen molar-refractivity contribution in [2.24, 2.45) is 0 Å². The van der Waals surface area contributed by atoms with Gasteiger partial charge in [0, 0.05) is 12.7 Å². The second-order valence-electron chi connectivity index (χ2n) is 5.26. The molecule has 1 fully saturated rings. The summed E-state index contributed by atoms with van der Waals surface area (Å²) in [4.78, 5) is 22.2. The van der Waals surface area contributed by atoms with Crippen molar-refractivity contribution in [2.75, 3.05) is 13.2 Å². The minimum absolute atomic E-state index is 0.246. The molecule has 18 heavy (non-hydrogen) atoms. The fourth-order valence-electron chi connectivity index (χ4n) is 1.59. The van der Waals surface area contributed by atoms with Crippen molar-refractivity contribution in [1.82, 2.24) is 5.32 Å². The zero-order valence-corrected chi connectivity index (χ0v) is 10.9. The van der Waals surface area contributed by atoms with E-state index in [2.05, 4.69) is 5.32 Å². The number of amides is 1. The van der Waals surface area contributed by atoms with Gasteiger partial charge in [-0.3, -0.25) is 0 Å². The maximum absolute atomic E-state index is 11.7. The topological polar surface area (TPSA) is 84.9 Å². The van der Waals surface area contributed by atoms with E-state index in [-0.39, 0.29) is 6.61 Å². The number of hydrogen-bond donors (Lipinski definition) is 2. The Labute approximate surface area is 106 Å². The fraction of sp³-hybridized carbons (Fsp3) is 0.667. The molecule has 6 heteroatoms. The van der Waals surface area contributed by atoms with E-state index >= 15 is 0 Å². The quantitative estimate of drug-likeness (QED) is 0.745. The van der Waals surface area contributed by atoms with Gasteiger partial charge in [-0.05, 0) is 33.3 Å². The lowest BCUT2D eigenvalue weighted by Gasteiger charge is -2.27. The molecule has 102 valence electrons. The number of nitrogens with one attached hydrogen (secondary N) is 1. The van der Waals surface area contributed by atoms with E-state index in [1.807, 2.05) is 0 Å². The van der Waals surface area contributed by atoms with Gasteiger partial charge in [0.2, 0.25) is 0 Å². The monoisotopic (exact) mass is 257 g/mol. The molecule has 1 aliphatic heterocycles. The predicted molar refractivity (Wildman–Crippen MR) is 64.3 cm³/mol. The molecule has 0 aromatic heterocycles. The first kappa shape index (κ1) is 14.5. The number of carboxylic acids is 1. The Morgan fingerprint density at radius 1 is 1.44 bits per heavy atom. The summed E-state index contributed by atoms with van der Waals surface area (Å²) in [6.07, 6.45) is 2.39. The van der Waals surface area contributed by atoms with Crippen molar-refractivity contribution < 1.29 is 24.2 Å². The summed E-state index contributed by atoms with van der Waals surface area (Å²) in [6, 6.07) is 0. The van der Waals surface area contributed by atoms with Crippen LogP contribution in [-0.2, 0) is 14.3 Å². The highest BCUT2D eigenvalue weighted by molar-refractivity contribution is 5.80. The van der Waals surface area contributed by atoms with Crippen LogP contribution in [0.4, 0.5) is 4.79 Å². The third-order valence-electron chi connectivity index (χ3n) is 2.35. The fourth-order valence-corrected chi connectivity index (χ4v) is 1.59. The van der Waals surface area contributed by atoms with Crippen molar-refractivity contribution in [2.45, 2.75) is 38.3 Å². The lowest BCUT2D eigenvalue weighted by atomic mass is 9.98. The zero-order valence-electron chi connectivity index (χ0n) is 10.9. The van der Waals surface area contributed by atoms with Crippen LogP contribution in [-0.4, -0.2) is 41.5 Å². The van der Waals surface area contributed by atoms with Crippen LogP contribution in [0.1, 0.15) is 27.2 Å². The molecule has 1 heterocycles. The van der Waals surface area contributed by atoms with E-state index in [4.69, 9.17) is 14.6 Å². The van der Waals surface area contributed by atoms with Gasteiger partial charge in [0.25, 0.3) is 0 Å². The zero-order chi connectivity index (χ0) is 13.8. The summed E-state index contributed by atoms with van der Waals surface area (Å²) in [5, 5.41) is 11.3. The Hall–Kier alpha value is -1.56. The maximum atomic E-state index is 11.7. The highest BCUT2D eigenvalue weighted by atomic mass is 16.6. The molecule has 0 spiro atoms. The molecular formula is C12H19NO5.